The molecule has 2 saturated carbocycles. The normalized spacial score (nSPS) is 25.6. The van der Waals surface area contributed by atoms with Gasteiger partial charge < -0.3 is 25.2 Å². The largest absolute Gasteiger partial charge is 0.508 e. The van der Waals surface area contributed by atoms with Crippen molar-refractivity contribution in [3.63, 3.8) is 0 Å². The summed E-state index contributed by atoms with van der Waals surface area (Å²) in [5.41, 5.74) is 0.711. The van der Waals surface area contributed by atoms with Gasteiger partial charge in [-0.1, -0.05) is 0 Å². The lowest BCUT2D eigenvalue weighted by atomic mass is 9.99. The van der Waals surface area contributed by atoms with Crippen LogP contribution in [0.1, 0.15) is 50.7 Å². The van der Waals surface area contributed by atoms with Crippen LogP contribution >= 0.6 is 0 Å². The number of anilines is 1. The van der Waals surface area contributed by atoms with Crippen molar-refractivity contribution in [2.75, 3.05) is 5.32 Å². The molecule has 31 heavy (non-hydrogen) atoms. The Morgan fingerprint density at radius 2 is 2.10 bits per heavy atom. The quantitative estimate of drug-likeness (QED) is 0.689. The number of pyridine rings is 1. The first-order valence-electron chi connectivity index (χ1n) is 10.5. The number of aromatic hydroxyl groups is 1. The maximum atomic E-state index is 12.2. The van der Waals surface area contributed by atoms with E-state index in [2.05, 4.69) is 15.6 Å². The Bertz CT molecular complexity index is 1090. The number of phenols is 1. The molecule has 3 aliphatic rings. The van der Waals surface area contributed by atoms with Gasteiger partial charge in [0.2, 0.25) is 5.91 Å². The van der Waals surface area contributed by atoms with E-state index in [1.807, 2.05) is 26.8 Å². The van der Waals surface area contributed by atoms with Crippen molar-refractivity contribution in [1.82, 2.24) is 10.3 Å². The number of aromatic nitrogens is 1. The van der Waals surface area contributed by atoms with Crippen molar-refractivity contribution >= 4 is 17.8 Å². The Kier molecular flexibility index (Phi) is 4.19. The Morgan fingerprint density at radius 3 is 2.84 bits per heavy atom. The molecule has 2 aliphatic carbocycles. The molecule has 2 amide bonds. The number of carbonyl (C=O) groups excluding carboxylic acids is 2. The van der Waals surface area contributed by atoms with Gasteiger partial charge in [0.25, 0.3) is 0 Å². The zero-order valence-corrected chi connectivity index (χ0v) is 17.7. The number of rotatable bonds is 4. The van der Waals surface area contributed by atoms with Crippen LogP contribution in [0.3, 0.4) is 0 Å². The van der Waals surface area contributed by atoms with Gasteiger partial charge in [-0.15, -0.1) is 0 Å². The number of phenolic OH excluding ortho intramolecular Hbond substituents is 1. The zero-order valence-electron chi connectivity index (χ0n) is 17.7. The fourth-order valence-corrected chi connectivity index (χ4v) is 4.44. The summed E-state index contributed by atoms with van der Waals surface area (Å²) in [4.78, 5) is 28.0. The number of alkyl carbamates (subject to hydrolysis) is 1. The van der Waals surface area contributed by atoms with E-state index in [1.54, 1.807) is 24.4 Å². The molecule has 3 N–H and O–H groups in total. The van der Waals surface area contributed by atoms with Crippen molar-refractivity contribution in [2.45, 2.75) is 57.1 Å². The van der Waals surface area contributed by atoms with Gasteiger partial charge in [-0.2, -0.15) is 0 Å². The summed E-state index contributed by atoms with van der Waals surface area (Å²) in [7, 11) is 0. The van der Waals surface area contributed by atoms with Gasteiger partial charge >= 0.3 is 6.09 Å². The molecule has 1 aromatic carbocycles. The standard InChI is InChI=1S/C23H25N3O5/c1-22(2,3)31-21(29)26-23-11-15(23)19(23)14-10-12(4-6-16(14)27)30-17-8-9-24-20-13(17)5-7-18(28)25-20/h4,6,8-10,15,19,27H,5,7,11H2,1-3H3,(H,26,29)(H,24,25,28)/t15-,19+,23-/m0/s1. The predicted molar refractivity (Wildman–Crippen MR) is 112 cm³/mol. The third-order valence-electron chi connectivity index (χ3n) is 6.08. The number of hydrogen-bond acceptors (Lipinski definition) is 6. The first kappa shape index (κ1) is 19.7. The number of carbonyl (C=O) groups is 2. The minimum atomic E-state index is -0.561. The number of hydrogen-bond donors (Lipinski definition) is 3. The minimum absolute atomic E-state index is 0.0363. The summed E-state index contributed by atoms with van der Waals surface area (Å²) in [6.45, 7) is 5.48. The molecule has 2 fully saturated rings. The number of fused-ring (bicyclic) bond motifs is 2. The lowest BCUT2D eigenvalue weighted by Gasteiger charge is -2.22. The number of ether oxygens (including phenoxy) is 2. The minimum Gasteiger partial charge on any atom is -0.508 e. The topological polar surface area (TPSA) is 110 Å². The van der Waals surface area contributed by atoms with E-state index in [1.165, 1.54) is 0 Å². The predicted octanol–water partition coefficient (Wildman–Crippen LogP) is 3.84. The Morgan fingerprint density at radius 1 is 1.29 bits per heavy atom. The lowest BCUT2D eigenvalue weighted by molar-refractivity contribution is -0.116. The average molecular weight is 423 g/mol. The van der Waals surface area contributed by atoms with Gasteiger partial charge in [0.05, 0.1) is 5.54 Å². The summed E-state index contributed by atoms with van der Waals surface area (Å²) in [6, 6.07) is 6.90. The van der Waals surface area contributed by atoms with Crippen molar-refractivity contribution in [3.05, 3.63) is 41.6 Å². The number of nitrogens with zero attached hydrogens (tertiary/aromatic N) is 1. The van der Waals surface area contributed by atoms with Crippen LogP contribution in [-0.2, 0) is 16.0 Å². The van der Waals surface area contributed by atoms with Crippen LogP contribution < -0.4 is 15.4 Å². The number of amides is 2. The monoisotopic (exact) mass is 423 g/mol. The molecular formula is C23H25N3O5. The molecule has 2 aromatic rings. The second-order valence-electron chi connectivity index (χ2n) is 9.46. The molecule has 0 radical (unpaired) electrons. The Labute approximate surface area is 180 Å². The Balaban J connectivity index is 1.34. The number of benzene rings is 1. The highest BCUT2D eigenvalue weighted by Crippen LogP contribution is 2.77. The highest BCUT2D eigenvalue weighted by atomic mass is 16.6. The van der Waals surface area contributed by atoms with Crippen LogP contribution in [0.25, 0.3) is 0 Å². The second kappa shape index (κ2) is 6.60. The smallest absolute Gasteiger partial charge is 0.408 e. The van der Waals surface area contributed by atoms with Crippen molar-refractivity contribution in [3.8, 4) is 17.2 Å². The first-order chi connectivity index (χ1) is 14.7. The lowest BCUT2D eigenvalue weighted by Crippen LogP contribution is -2.37. The third-order valence-corrected chi connectivity index (χ3v) is 6.08. The fourth-order valence-electron chi connectivity index (χ4n) is 4.44. The molecule has 0 unspecified atom stereocenters. The zero-order chi connectivity index (χ0) is 22.0. The summed E-state index contributed by atoms with van der Waals surface area (Å²) in [6.07, 6.45) is 2.98. The van der Waals surface area contributed by atoms with Gasteiger partial charge in [0, 0.05) is 29.7 Å². The molecule has 3 atom stereocenters. The van der Waals surface area contributed by atoms with Crippen LogP contribution in [0.2, 0.25) is 0 Å². The number of nitrogens with one attached hydrogen (secondary N) is 2. The van der Waals surface area contributed by atoms with E-state index in [9.17, 15) is 14.7 Å². The van der Waals surface area contributed by atoms with E-state index in [4.69, 9.17) is 9.47 Å². The van der Waals surface area contributed by atoms with Gasteiger partial charge in [0.15, 0.2) is 0 Å². The van der Waals surface area contributed by atoms with Crippen molar-refractivity contribution < 1.29 is 24.2 Å². The van der Waals surface area contributed by atoms with Gasteiger partial charge in [-0.3, -0.25) is 4.79 Å². The molecule has 5 rings (SSSR count). The van der Waals surface area contributed by atoms with E-state index in [-0.39, 0.29) is 23.1 Å². The summed E-state index contributed by atoms with van der Waals surface area (Å²) < 4.78 is 11.5. The average Bonchev–Trinajstić information content (AvgIpc) is 3.52. The van der Waals surface area contributed by atoms with Gasteiger partial charge in [-0.25, -0.2) is 9.78 Å². The maximum absolute atomic E-state index is 12.2. The molecular weight excluding hydrogens is 398 g/mol. The molecule has 8 heteroatoms. The highest BCUT2D eigenvalue weighted by Gasteiger charge is 2.80. The van der Waals surface area contributed by atoms with Crippen LogP contribution in [0, 0.1) is 5.92 Å². The SMILES string of the molecule is CC(C)(C)OC(=O)N[C@@]12C[C@H]1[C@H]2c1cc(Oc2ccnc3c2CCC(=O)N3)ccc1O. The molecule has 0 saturated heterocycles. The summed E-state index contributed by atoms with van der Waals surface area (Å²) in [5, 5.41) is 16.2. The van der Waals surface area contributed by atoms with E-state index in [0.717, 1.165) is 17.5 Å². The first-order valence-corrected chi connectivity index (χ1v) is 10.5. The fraction of sp³-hybridized carbons (Fsp3) is 0.435. The van der Waals surface area contributed by atoms with Crippen LogP contribution in [0.4, 0.5) is 10.6 Å². The van der Waals surface area contributed by atoms with E-state index >= 15 is 0 Å². The van der Waals surface area contributed by atoms with E-state index < -0.39 is 11.7 Å². The summed E-state index contributed by atoms with van der Waals surface area (Å²) >= 11 is 0. The molecule has 0 spiro atoms. The second-order valence-corrected chi connectivity index (χ2v) is 9.46. The Hall–Kier alpha value is -3.29. The van der Waals surface area contributed by atoms with Crippen LogP contribution in [-0.4, -0.2) is 33.2 Å². The molecule has 8 nitrogen and oxygen atoms in total. The third kappa shape index (κ3) is 3.56. The molecule has 1 aliphatic heterocycles. The molecule has 1 aromatic heterocycles. The van der Waals surface area contributed by atoms with Gasteiger partial charge in [0.1, 0.15) is 28.7 Å². The molecule has 2 heterocycles. The maximum Gasteiger partial charge on any atom is 0.408 e. The molecule has 0 bridgehead atoms. The highest BCUT2D eigenvalue weighted by molar-refractivity contribution is 5.93. The molecule has 162 valence electrons. The van der Waals surface area contributed by atoms with Crippen LogP contribution in [0.15, 0.2) is 30.5 Å². The van der Waals surface area contributed by atoms with Crippen molar-refractivity contribution in [2.24, 2.45) is 5.92 Å². The van der Waals surface area contributed by atoms with Gasteiger partial charge in [-0.05, 0) is 63.8 Å². The van der Waals surface area contributed by atoms with Crippen LogP contribution in [0.5, 0.6) is 17.2 Å². The van der Waals surface area contributed by atoms with E-state index in [0.29, 0.717) is 36.1 Å². The summed E-state index contributed by atoms with van der Waals surface area (Å²) in [5.74, 6) is 2.19. The van der Waals surface area contributed by atoms with Crippen molar-refractivity contribution in [1.29, 1.82) is 0 Å².